The molecule has 2 rings (SSSR count). The number of benzene rings is 1. The number of aromatic nitrogens is 1. The summed E-state index contributed by atoms with van der Waals surface area (Å²) in [6.45, 7) is 0. The second-order valence-corrected chi connectivity index (χ2v) is 3.57. The highest BCUT2D eigenvalue weighted by molar-refractivity contribution is 5.88. The molecule has 5 heteroatoms. The smallest absolute Gasteiger partial charge is 0.335 e. The molecule has 0 aliphatic rings. The largest absolute Gasteiger partial charge is 0.495 e. The van der Waals surface area contributed by atoms with Crippen molar-refractivity contribution in [2.24, 2.45) is 0 Å². The number of carboxylic acid groups (broad SMARTS) is 1. The summed E-state index contributed by atoms with van der Waals surface area (Å²) < 4.78 is 6.77. The third kappa shape index (κ3) is 1.92. The summed E-state index contributed by atoms with van der Waals surface area (Å²) in [6.07, 6.45) is 1.68. The highest BCUT2D eigenvalue weighted by atomic mass is 16.5. The molecule has 0 saturated heterocycles. The Morgan fingerprint density at radius 3 is 2.83 bits per heavy atom. The van der Waals surface area contributed by atoms with Crippen LogP contribution < -0.4 is 4.74 Å². The van der Waals surface area contributed by atoms with E-state index in [0.717, 1.165) is 0 Å². The quantitative estimate of drug-likeness (QED) is 0.893. The molecule has 2 aromatic rings. The first-order chi connectivity index (χ1) is 8.67. The van der Waals surface area contributed by atoms with Gasteiger partial charge in [-0.05, 0) is 30.3 Å². The van der Waals surface area contributed by atoms with Crippen molar-refractivity contribution in [1.29, 1.82) is 5.26 Å². The topological polar surface area (TPSA) is 75.2 Å². The number of nitriles is 1. The summed E-state index contributed by atoms with van der Waals surface area (Å²) in [5, 5.41) is 18.0. The molecule has 0 amide bonds. The van der Waals surface area contributed by atoms with Crippen LogP contribution in [0.2, 0.25) is 0 Å². The minimum atomic E-state index is -1.02. The first-order valence-corrected chi connectivity index (χ1v) is 5.16. The molecule has 0 bridgehead atoms. The molecule has 90 valence electrons. The maximum Gasteiger partial charge on any atom is 0.335 e. The number of ether oxygens (including phenoxy) is 1. The van der Waals surface area contributed by atoms with Crippen molar-refractivity contribution >= 4 is 5.97 Å². The van der Waals surface area contributed by atoms with Crippen molar-refractivity contribution in [2.75, 3.05) is 7.11 Å². The van der Waals surface area contributed by atoms with E-state index in [9.17, 15) is 4.79 Å². The van der Waals surface area contributed by atoms with Gasteiger partial charge in [0.05, 0.1) is 18.4 Å². The van der Waals surface area contributed by atoms with Crippen LogP contribution in [0.5, 0.6) is 5.75 Å². The third-order valence-electron chi connectivity index (χ3n) is 2.55. The van der Waals surface area contributed by atoms with Crippen molar-refractivity contribution in [3.8, 4) is 17.5 Å². The van der Waals surface area contributed by atoms with Crippen LogP contribution in [0.15, 0.2) is 36.5 Å². The number of aromatic carboxylic acids is 1. The molecule has 0 unspecified atom stereocenters. The molecule has 1 aromatic carbocycles. The van der Waals surface area contributed by atoms with Crippen LogP contribution in [0.4, 0.5) is 0 Å². The van der Waals surface area contributed by atoms with Crippen LogP contribution in [0, 0.1) is 11.3 Å². The predicted octanol–water partition coefficient (Wildman–Crippen LogP) is 2.06. The van der Waals surface area contributed by atoms with E-state index in [1.54, 1.807) is 29.0 Å². The van der Waals surface area contributed by atoms with E-state index in [2.05, 4.69) is 0 Å². The van der Waals surface area contributed by atoms with E-state index in [1.165, 1.54) is 19.2 Å². The van der Waals surface area contributed by atoms with Gasteiger partial charge in [0.2, 0.25) is 0 Å². The lowest BCUT2D eigenvalue weighted by atomic mass is 10.2. The van der Waals surface area contributed by atoms with Crippen LogP contribution in [-0.2, 0) is 0 Å². The lowest BCUT2D eigenvalue weighted by Crippen LogP contribution is -2.03. The van der Waals surface area contributed by atoms with Crippen molar-refractivity contribution in [2.45, 2.75) is 0 Å². The molecule has 5 nitrogen and oxygen atoms in total. The highest BCUT2D eigenvalue weighted by Gasteiger charge is 2.12. The van der Waals surface area contributed by atoms with Gasteiger partial charge in [0, 0.05) is 6.20 Å². The molecule has 18 heavy (non-hydrogen) atoms. The Labute approximate surface area is 103 Å². The zero-order chi connectivity index (χ0) is 13.1. The molecule has 0 spiro atoms. The van der Waals surface area contributed by atoms with Crippen LogP contribution in [-0.4, -0.2) is 22.8 Å². The first-order valence-electron chi connectivity index (χ1n) is 5.16. The second kappa shape index (κ2) is 4.63. The Kier molecular flexibility index (Phi) is 3.02. The van der Waals surface area contributed by atoms with Crippen molar-refractivity contribution in [1.82, 2.24) is 4.57 Å². The number of hydrogen-bond donors (Lipinski definition) is 1. The molecule has 1 aromatic heterocycles. The average molecular weight is 242 g/mol. The lowest BCUT2D eigenvalue weighted by Gasteiger charge is -2.11. The van der Waals surface area contributed by atoms with Gasteiger partial charge in [0.25, 0.3) is 0 Å². The fourth-order valence-corrected chi connectivity index (χ4v) is 1.69. The number of carbonyl (C=O) groups is 1. The number of hydrogen-bond acceptors (Lipinski definition) is 3. The van der Waals surface area contributed by atoms with Gasteiger partial charge in [0.15, 0.2) is 0 Å². The summed E-state index contributed by atoms with van der Waals surface area (Å²) in [6, 6.07) is 9.90. The first kappa shape index (κ1) is 11.7. The highest BCUT2D eigenvalue weighted by Crippen LogP contribution is 2.25. The summed E-state index contributed by atoms with van der Waals surface area (Å²) in [5.74, 6) is -0.516. The van der Waals surface area contributed by atoms with Crippen LogP contribution >= 0.6 is 0 Å². The Morgan fingerprint density at radius 2 is 2.22 bits per heavy atom. The molecule has 0 saturated carbocycles. The molecule has 1 heterocycles. The Hall–Kier alpha value is -2.74. The lowest BCUT2D eigenvalue weighted by molar-refractivity contribution is 0.0697. The minimum Gasteiger partial charge on any atom is -0.495 e. The second-order valence-electron chi connectivity index (χ2n) is 3.57. The van der Waals surface area contributed by atoms with E-state index in [1.807, 2.05) is 6.07 Å². The number of methoxy groups -OCH3 is 1. The van der Waals surface area contributed by atoms with Gasteiger partial charge in [-0.3, -0.25) is 0 Å². The van der Waals surface area contributed by atoms with Crippen LogP contribution in [0.3, 0.4) is 0 Å². The van der Waals surface area contributed by atoms with Crippen LogP contribution in [0.1, 0.15) is 16.1 Å². The maximum atomic E-state index is 11.0. The van der Waals surface area contributed by atoms with Gasteiger partial charge in [-0.25, -0.2) is 4.79 Å². The standard InChI is InChI=1S/C13H10N2O3/c1-18-12-5-4-9(13(16)17)7-11(12)15-6-2-3-10(15)8-14/h2-7H,1H3,(H,16,17). The average Bonchev–Trinajstić information content (AvgIpc) is 2.85. The molecular formula is C13H10N2O3. The summed E-state index contributed by atoms with van der Waals surface area (Å²) in [7, 11) is 1.49. The molecule has 0 aliphatic carbocycles. The molecule has 0 aliphatic heterocycles. The molecule has 0 fully saturated rings. The summed E-state index contributed by atoms with van der Waals surface area (Å²) in [4.78, 5) is 11.0. The number of carboxylic acids is 1. The van der Waals surface area contributed by atoms with Crippen molar-refractivity contribution in [3.05, 3.63) is 47.8 Å². The molecule has 1 N–H and O–H groups in total. The molecule has 0 radical (unpaired) electrons. The van der Waals surface area contributed by atoms with Gasteiger partial charge >= 0.3 is 5.97 Å². The minimum absolute atomic E-state index is 0.142. The SMILES string of the molecule is COc1ccc(C(=O)O)cc1-n1cccc1C#N. The summed E-state index contributed by atoms with van der Waals surface area (Å²) >= 11 is 0. The Balaban J connectivity index is 2.65. The fraction of sp³-hybridized carbons (Fsp3) is 0.0769. The van der Waals surface area contributed by atoms with E-state index in [-0.39, 0.29) is 5.56 Å². The van der Waals surface area contributed by atoms with Gasteiger partial charge in [-0.15, -0.1) is 0 Å². The normalized spacial score (nSPS) is 9.78. The third-order valence-corrected chi connectivity index (χ3v) is 2.55. The predicted molar refractivity (Wildman–Crippen MR) is 64.0 cm³/mol. The zero-order valence-electron chi connectivity index (χ0n) is 9.62. The van der Waals surface area contributed by atoms with E-state index < -0.39 is 5.97 Å². The van der Waals surface area contributed by atoms with E-state index in [4.69, 9.17) is 15.1 Å². The van der Waals surface area contributed by atoms with E-state index in [0.29, 0.717) is 17.1 Å². The number of rotatable bonds is 3. The van der Waals surface area contributed by atoms with Gasteiger partial charge in [0.1, 0.15) is 17.5 Å². The van der Waals surface area contributed by atoms with Crippen LogP contribution in [0.25, 0.3) is 5.69 Å². The van der Waals surface area contributed by atoms with Gasteiger partial charge in [-0.1, -0.05) is 0 Å². The van der Waals surface area contributed by atoms with E-state index >= 15 is 0 Å². The van der Waals surface area contributed by atoms with Crippen molar-refractivity contribution < 1.29 is 14.6 Å². The molecule has 0 atom stereocenters. The van der Waals surface area contributed by atoms with Crippen molar-refractivity contribution in [3.63, 3.8) is 0 Å². The monoisotopic (exact) mass is 242 g/mol. The van der Waals surface area contributed by atoms with Gasteiger partial charge < -0.3 is 14.4 Å². The molecular weight excluding hydrogens is 232 g/mol. The Morgan fingerprint density at radius 1 is 1.44 bits per heavy atom. The Bertz CT molecular complexity index is 638. The summed E-state index contributed by atoms with van der Waals surface area (Å²) in [5.41, 5.74) is 1.08. The number of nitrogens with zero attached hydrogens (tertiary/aromatic N) is 2. The maximum absolute atomic E-state index is 11.0. The van der Waals surface area contributed by atoms with Gasteiger partial charge in [-0.2, -0.15) is 5.26 Å². The fourth-order valence-electron chi connectivity index (χ4n) is 1.69. The zero-order valence-corrected chi connectivity index (χ0v) is 9.62.